The fraction of sp³-hybridized carbons (Fsp3) is 0.304. The van der Waals surface area contributed by atoms with Crippen molar-refractivity contribution in [2.24, 2.45) is 0 Å². The van der Waals surface area contributed by atoms with Gasteiger partial charge in [-0.25, -0.2) is 4.39 Å². The Morgan fingerprint density at radius 2 is 1.90 bits per heavy atom. The fourth-order valence-electron chi connectivity index (χ4n) is 4.25. The van der Waals surface area contributed by atoms with E-state index < -0.39 is 0 Å². The van der Waals surface area contributed by atoms with Crippen LogP contribution in [0.2, 0.25) is 0 Å². The molecule has 1 fully saturated rings. The van der Waals surface area contributed by atoms with Gasteiger partial charge in [0.1, 0.15) is 17.7 Å². The van der Waals surface area contributed by atoms with Crippen molar-refractivity contribution in [2.75, 3.05) is 42.6 Å². The van der Waals surface area contributed by atoms with Gasteiger partial charge in [0, 0.05) is 49.1 Å². The molecule has 30 heavy (non-hydrogen) atoms. The first-order valence-corrected chi connectivity index (χ1v) is 10.0. The summed E-state index contributed by atoms with van der Waals surface area (Å²) in [4.78, 5) is 28.4. The summed E-state index contributed by atoms with van der Waals surface area (Å²) in [6.45, 7) is 3.61. The van der Waals surface area contributed by atoms with Crippen molar-refractivity contribution in [3.8, 4) is 0 Å². The van der Waals surface area contributed by atoms with Crippen LogP contribution in [0.4, 0.5) is 16.0 Å². The van der Waals surface area contributed by atoms with Gasteiger partial charge in [0.2, 0.25) is 0 Å². The predicted molar refractivity (Wildman–Crippen MR) is 112 cm³/mol. The third-order valence-corrected chi connectivity index (χ3v) is 5.77. The molecular formula is C23H21FN2O4. The maximum atomic E-state index is 13.8. The second-order valence-electron chi connectivity index (χ2n) is 7.67. The number of morpholine rings is 1. The molecule has 2 aliphatic rings. The Kier molecular flexibility index (Phi) is 4.75. The lowest BCUT2D eigenvalue weighted by Gasteiger charge is -2.27. The highest BCUT2D eigenvalue weighted by molar-refractivity contribution is 5.88. The number of aldehydes is 1. The van der Waals surface area contributed by atoms with Gasteiger partial charge in [0.25, 0.3) is 0 Å². The number of fused-ring (bicyclic) bond motifs is 2. The molecule has 0 aliphatic carbocycles. The largest absolute Gasteiger partial charge is 0.440 e. The maximum absolute atomic E-state index is 13.8. The Balaban J connectivity index is 1.60. The smallest absolute Gasteiger partial charge is 0.200 e. The predicted octanol–water partition coefficient (Wildman–Crippen LogP) is 3.14. The highest BCUT2D eigenvalue weighted by Gasteiger charge is 2.23. The molecule has 3 aromatic rings. The van der Waals surface area contributed by atoms with Gasteiger partial charge in [-0.2, -0.15) is 0 Å². The molecule has 7 heteroatoms. The summed E-state index contributed by atoms with van der Waals surface area (Å²) in [5, 5.41) is 0.380. The van der Waals surface area contributed by atoms with Gasteiger partial charge >= 0.3 is 0 Å². The van der Waals surface area contributed by atoms with E-state index >= 15 is 0 Å². The molecular weight excluding hydrogens is 387 g/mol. The number of carbonyl (C=O) groups is 1. The first-order valence-electron chi connectivity index (χ1n) is 10.0. The highest BCUT2D eigenvalue weighted by Crippen LogP contribution is 2.32. The van der Waals surface area contributed by atoms with Gasteiger partial charge in [-0.1, -0.05) is 6.07 Å². The summed E-state index contributed by atoms with van der Waals surface area (Å²) in [6.07, 6.45) is 1.56. The molecule has 0 saturated carbocycles. The van der Waals surface area contributed by atoms with Gasteiger partial charge in [0.15, 0.2) is 11.3 Å². The van der Waals surface area contributed by atoms with Crippen LogP contribution >= 0.6 is 0 Å². The van der Waals surface area contributed by atoms with Crippen molar-refractivity contribution in [2.45, 2.75) is 13.0 Å². The lowest BCUT2D eigenvalue weighted by Crippen LogP contribution is -2.36. The third kappa shape index (κ3) is 3.35. The molecule has 0 N–H and O–H groups in total. The number of nitrogens with zero attached hydrogens (tertiary/aromatic N) is 2. The van der Waals surface area contributed by atoms with Gasteiger partial charge in [-0.05, 0) is 36.2 Å². The van der Waals surface area contributed by atoms with Crippen LogP contribution in [-0.2, 0) is 17.7 Å². The zero-order valence-corrected chi connectivity index (χ0v) is 16.4. The zero-order valence-electron chi connectivity index (χ0n) is 16.4. The Bertz CT molecular complexity index is 1180. The summed E-state index contributed by atoms with van der Waals surface area (Å²) in [5.41, 5.74) is 3.37. The minimum Gasteiger partial charge on any atom is -0.440 e. The molecule has 0 amide bonds. The van der Waals surface area contributed by atoms with Crippen LogP contribution in [0, 0.1) is 5.82 Å². The van der Waals surface area contributed by atoms with Crippen LogP contribution in [0.1, 0.15) is 21.5 Å². The van der Waals surface area contributed by atoms with Crippen LogP contribution in [-0.4, -0.2) is 39.1 Å². The van der Waals surface area contributed by atoms with Crippen molar-refractivity contribution < 1.29 is 18.3 Å². The van der Waals surface area contributed by atoms with E-state index in [1.807, 2.05) is 4.90 Å². The monoisotopic (exact) mass is 408 g/mol. The van der Waals surface area contributed by atoms with Crippen LogP contribution in [0.25, 0.3) is 11.0 Å². The Morgan fingerprint density at radius 3 is 2.70 bits per heavy atom. The minimum atomic E-state index is -0.284. The number of hydrogen-bond donors (Lipinski definition) is 0. The normalized spacial score (nSPS) is 16.2. The van der Waals surface area contributed by atoms with E-state index in [4.69, 9.17) is 9.15 Å². The number of benzene rings is 2. The Hall–Kier alpha value is -3.19. The van der Waals surface area contributed by atoms with Crippen molar-refractivity contribution >= 4 is 28.8 Å². The van der Waals surface area contributed by atoms with Gasteiger partial charge in [-0.3, -0.25) is 9.59 Å². The van der Waals surface area contributed by atoms with Crippen LogP contribution in [0.5, 0.6) is 0 Å². The molecule has 2 aliphatic heterocycles. The highest BCUT2D eigenvalue weighted by atomic mass is 19.1. The van der Waals surface area contributed by atoms with E-state index in [0.29, 0.717) is 55.3 Å². The van der Waals surface area contributed by atoms with E-state index in [0.717, 1.165) is 36.1 Å². The summed E-state index contributed by atoms with van der Waals surface area (Å²) in [5.74, 6) is 0.219. The third-order valence-electron chi connectivity index (χ3n) is 5.77. The number of anilines is 2. The van der Waals surface area contributed by atoms with Crippen LogP contribution in [0.3, 0.4) is 0 Å². The van der Waals surface area contributed by atoms with Crippen molar-refractivity contribution in [1.82, 2.24) is 0 Å². The first kappa shape index (κ1) is 18.8. The lowest BCUT2D eigenvalue weighted by molar-refractivity contribution is 0.112. The topological polar surface area (TPSA) is 63.0 Å². The number of hydrogen-bond acceptors (Lipinski definition) is 6. The lowest BCUT2D eigenvalue weighted by atomic mass is 10.1. The molecule has 5 rings (SSSR count). The minimum absolute atomic E-state index is 0.185. The van der Waals surface area contributed by atoms with E-state index in [1.54, 1.807) is 18.2 Å². The summed E-state index contributed by atoms with van der Waals surface area (Å²) in [6, 6.07) is 9.60. The van der Waals surface area contributed by atoms with Crippen molar-refractivity contribution in [1.29, 1.82) is 0 Å². The van der Waals surface area contributed by atoms with Crippen LogP contribution < -0.4 is 15.2 Å². The summed E-state index contributed by atoms with van der Waals surface area (Å²) in [7, 11) is 0. The average Bonchev–Trinajstić information content (AvgIpc) is 3.16. The second kappa shape index (κ2) is 7.57. The Morgan fingerprint density at radius 1 is 1.07 bits per heavy atom. The quantitative estimate of drug-likeness (QED) is 0.618. The molecule has 0 radical (unpaired) electrons. The number of carbonyl (C=O) groups excluding carboxylic acids is 1. The number of halogens is 1. The number of rotatable bonds is 4. The van der Waals surface area contributed by atoms with Gasteiger partial charge in [-0.15, -0.1) is 0 Å². The summed E-state index contributed by atoms with van der Waals surface area (Å²) >= 11 is 0. The molecule has 3 heterocycles. The molecule has 0 atom stereocenters. The molecule has 0 unspecified atom stereocenters. The molecule has 0 spiro atoms. The van der Waals surface area contributed by atoms with E-state index in [2.05, 4.69) is 4.90 Å². The van der Waals surface area contributed by atoms with Crippen molar-refractivity contribution in [3.63, 3.8) is 0 Å². The van der Waals surface area contributed by atoms with Crippen molar-refractivity contribution in [3.05, 3.63) is 69.1 Å². The zero-order chi connectivity index (χ0) is 20.7. The molecule has 154 valence electrons. The molecule has 1 aromatic heterocycles. The molecule has 0 bridgehead atoms. The van der Waals surface area contributed by atoms with Gasteiger partial charge < -0.3 is 19.0 Å². The van der Waals surface area contributed by atoms with E-state index in [9.17, 15) is 14.0 Å². The summed E-state index contributed by atoms with van der Waals surface area (Å²) < 4.78 is 25.4. The molecule has 6 nitrogen and oxygen atoms in total. The van der Waals surface area contributed by atoms with Crippen LogP contribution in [0.15, 0.2) is 45.6 Å². The fourth-order valence-corrected chi connectivity index (χ4v) is 4.25. The number of ether oxygens (including phenoxy) is 1. The second-order valence-corrected chi connectivity index (χ2v) is 7.67. The first-order chi connectivity index (χ1) is 14.6. The molecule has 1 saturated heterocycles. The maximum Gasteiger partial charge on any atom is 0.200 e. The molecule has 2 aromatic carbocycles. The van der Waals surface area contributed by atoms with Gasteiger partial charge in [0.05, 0.1) is 18.6 Å². The average molecular weight is 408 g/mol. The van der Waals surface area contributed by atoms with E-state index in [1.165, 1.54) is 18.2 Å². The standard InChI is InChI=1S/C23H21FN2O4/c24-18-2-1-16-3-4-26(20(16)11-18)13-17-9-15(14-27)10-19-21(28)12-22(30-23(17)19)25-5-7-29-8-6-25/h1-2,9-12,14H,3-8,13H2. The SMILES string of the molecule is O=Cc1cc(CN2CCc3ccc(F)cc32)c2oc(N3CCOCC3)cc(=O)c2c1. The Labute approximate surface area is 172 Å². The van der Waals surface area contributed by atoms with E-state index in [-0.39, 0.29) is 11.2 Å².